The van der Waals surface area contributed by atoms with Crippen LogP contribution in [-0.2, 0) is 19.4 Å². The van der Waals surface area contributed by atoms with Crippen molar-refractivity contribution < 1.29 is 0 Å². The number of benzene rings is 1. The number of imidazole rings is 1. The van der Waals surface area contributed by atoms with E-state index in [-0.39, 0.29) is 0 Å². The second-order valence-electron chi connectivity index (χ2n) is 4.87. The number of nitrogens with zero attached hydrogens (tertiary/aromatic N) is 2. The average Bonchev–Trinajstić information content (AvgIpc) is 2.78. The maximum atomic E-state index is 4.77. The van der Waals surface area contributed by atoms with Crippen molar-refractivity contribution in [2.24, 2.45) is 0 Å². The van der Waals surface area contributed by atoms with Gasteiger partial charge in [0, 0.05) is 37.3 Å². The lowest BCUT2D eigenvalue weighted by atomic mass is 10.1. The minimum Gasteiger partial charge on any atom is -0.311 e. The molecule has 0 saturated carbocycles. The standard InChI is InChI=1S/C15H19N3/c1-3-15-17-13-10-16-9-8-14(13)18(15)12-6-4-11(2)5-7-12/h4-7,16H,3,8-10H2,1-2H3. The van der Waals surface area contributed by atoms with Crippen LogP contribution in [0.4, 0.5) is 0 Å². The van der Waals surface area contributed by atoms with Crippen molar-refractivity contribution in [1.29, 1.82) is 0 Å². The van der Waals surface area contributed by atoms with Gasteiger partial charge in [-0.3, -0.25) is 0 Å². The third kappa shape index (κ3) is 1.85. The Bertz CT molecular complexity index is 552. The Balaban J connectivity index is 2.14. The van der Waals surface area contributed by atoms with Crippen LogP contribution in [0.2, 0.25) is 0 Å². The first kappa shape index (κ1) is 11.5. The van der Waals surface area contributed by atoms with Gasteiger partial charge in [0.25, 0.3) is 0 Å². The van der Waals surface area contributed by atoms with Crippen LogP contribution in [0.1, 0.15) is 29.7 Å². The highest BCUT2D eigenvalue weighted by molar-refractivity contribution is 5.40. The summed E-state index contributed by atoms with van der Waals surface area (Å²) >= 11 is 0. The molecule has 18 heavy (non-hydrogen) atoms. The summed E-state index contributed by atoms with van der Waals surface area (Å²) in [6.45, 7) is 6.25. The third-order valence-electron chi connectivity index (χ3n) is 3.56. The summed E-state index contributed by atoms with van der Waals surface area (Å²) in [4.78, 5) is 4.77. The summed E-state index contributed by atoms with van der Waals surface area (Å²) in [7, 11) is 0. The number of aryl methyl sites for hydroxylation is 2. The Morgan fingerprint density at radius 2 is 2.06 bits per heavy atom. The van der Waals surface area contributed by atoms with Crippen molar-refractivity contribution in [2.75, 3.05) is 6.54 Å². The second kappa shape index (κ2) is 4.58. The molecule has 0 unspecified atom stereocenters. The van der Waals surface area contributed by atoms with Crippen LogP contribution in [0.25, 0.3) is 5.69 Å². The Labute approximate surface area is 108 Å². The van der Waals surface area contributed by atoms with E-state index in [0.717, 1.165) is 25.9 Å². The maximum absolute atomic E-state index is 4.77. The monoisotopic (exact) mass is 241 g/mol. The van der Waals surface area contributed by atoms with Gasteiger partial charge < -0.3 is 9.88 Å². The van der Waals surface area contributed by atoms with Crippen molar-refractivity contribution in [3.8, 4) is 5.69 Å². The molecule has 0 saturated heterocycles. The van der Waals surface area contributed by atoms with Crippen molar-refractivity contribution >= 4 is 0 Å². The van der Waals surface area contributed by atoms with Gasteiger partial charge in [-0.2, -0.15) is 0 Å². The minimum atomic E-state index is 0.904. The summed E-state index contributed by atoms with van der Waals surface area (Å²) in [6.07, 6.45) is 2.04. The van der Waals surface area contributed by atoms with E-state index in [2.05, 4.69) is 48.0 Å². The second-order valence-corrected chi connectivity index (χ2v) is 4.87. The van der Waals surface area contributed by atoms with Gasteiger partial charge in [-0.1, -0.05) is 24.6 Å². The fourth-order valence-corrected chi connectivity index (χ4v) is 2.60. The summed E-state index contributed by atoms with van der Waals surface area (Å²) in [6, 6.07) is 8.72. The van der Waals surface area contributed by atoms with E-state index in [1.165, 1.54) is 28.5 Å². The van der Waals surface area contributed by atoms with E-state index in [1.807, 2.05) is 0 Å². The Kier molecular flexibility index (Phi) is 2.92. The first-order valence-electron chi connectivity index (χ1n) is 6.66. The molecule has 2 heterocycles. The largest absolute Gasteiger partial charge is 0.311 e. The number of aromatic nitrogens is 2. The van der Waals surface area contributed by atoms with E-state index in [0.29, 0.717) is 0 Å². The summed E-state index contributed by atoms with van der Waals surface area (Å²) in [5, 5.41) is 3.39. The van der Waals surface area contributed by atoms with Gasteiger partial charge in [-0.25, -0.2) is 4.98 Å². The summed E-state index contributed by atoms with van der Waals surface area (Å²) in [5.41, 5.74) is 5.15. The molecule has 1 aromatic heterocycles. The van der Waals surface area contributed by atoms with Crippen molar-refractivity contribution in [1.82, 2.24) is 14.9 Å². The van der Waals surface area contributed by atoms with Gasteiger partial charge in [-0.05, 0) is 19.1 Å². The highest BCUT2D eigenvalue weighted by Gasteiger charge is 2.19. The van der Waals surface area contributed by atoms with Crippen LogP contribution in [0, 0.1) is 6.92 Å². The van der Waals surface area contributed by atoms with Gasteiger partial charge in [0.15, 0.2) is 0 Å². The van der Waals surface area contributed by atoms with Gasteiger partial charge in [0.05, 0.1) is 5.69 Å². The topological polar surface area (TPSA) is 29.9 Å². The smallest absolute Gasteiger partial charge is 0.113 e. The molecular weight excluding hydrogens is 222 g/mol. The molecule has 2 aromatic rings. The van der Waals surface area contributed by atoms with Crippen LogP contribution >= 0.6 is 0 Å². The predicted octanol–water partition coefficient (Wildman–Crippen LogP) is 2.39. The van der Waals surface area contributed by atoms with E-state index < -0.39 is 0 Å². The number of nitrogens with one attached hydrogen (secondary N) is 1. The molecule has 0 radical (unpaired) electrons. The molecule has 94 valence electrons. The number of fused-ring (bicyclic) bond motifs is 1. The number of hydrogen-bond donors (Lipinski definition) is 1. The Hall–Kier alpha value is -1.61. The molecule has 1 aliphatic rings. The molecule has 3 nitrogen and oxygen atoms in total. The van der Waals surface area contributed by atoms with Crippen LogP contribution in [0.5, 0.6) is 0 Å². The molecule has 3 rings (SSSR count). The van der Waals surface area contributed by atoms with Gasteiger partial charge in [-0.15, -0.1) is 0 Å². The lowest BCUT2D eigenvalue weighted by Gasteiger charge is -2.16. The molecule has 0 spiro atoms. The quantitative estimate of drug-likeness (QED) is 0.875. The van der Waals surface area contributed by atoms with Crippen LogP contribution in [-0.4, -0.2) is 16.1 Å². The third-order valence-corrected chi connectivity index (χ3v) is 3.56. The number of hydrogen-bond acceptors (Lipinski definition) is 2. The lowest BCUT2D eigenvalue weighted by Crippen LogP contribution is -2.24. The Morgan fingerprint density at radius 3 is 2.78 bits per heavy atom. The van der Waals surface area contributed by atoms with Crippen LogP contribution in [0.3, 0.4) is 0 Å². The van der Waals surface area contributed by atoms with E-state index in [4.69, 9.17) is 4.98 Å². The molecule has 0 aliphatic carbocycles. The van der Waals surface area contributed by atoms with E-state index in [9.17, 15) is 0 Å². The van der Waals surface area contributed by atoms with Crippen molar-refractivity contribution in [3.05, 3.63) is 47.0 Å². The fourth-order valence-electron chi connectivity index (χ4n) is 2.60. The van der Waals surface area contributed by atoms with E-state index in [1.54, 1.807) is 0 Å². The molecule has 1 aromatic carbocycles. The first-order chi connectivity index (χ1) is 8.79. The molecule has 0 bridgehead atoms. The number of rotatable bonds is 2. The molecule has 0 amide bonds. The molecule has 1 aliphatic heterocycles. The predicted molar refractivity (Wildman–Crippen MR) is 73.1 cm³/mol. The molecule has 3 heteroatoms. The van der Waals surface area contributed by atoms with Gasteiger partial charge in [0.2, 0.25) is 0 Å². The molecular formula is C15H19N3. The summed E-state index contributed by atoms with van der Waals surface area (Å²) < 4.78 is 2.34. The van der Waals surface area contributed by atoms with Crippen molar-refractivity contribution in [3.63, 3.8) is 0 Å². The summed E-state index contributed by atoms with van der Waals surface area (Å²) in [5.74, 6) is 1.17. The highest BCUT2D eigenvalue weighted by Crippen LogP contribution is 2.22. The maximum Gasteiger partial charge on any atom is 0.113 e. The first-order valence-corrected chi connectivity index (χ1v) is 6.66. The molecule has 0 fully saturated rings. The fraction of sp³-hybridized carbons (Fsp3) is 0.400. The molecule has 0 atom stereocenters. The normalized spacial score (nSPS) is 14.6. The lowest BCUT2D eigenvalue weighted by molar-refractivity contribution is 0.620. The highest BCUT2D eigenvalue weighted by atomic mass is 15.1. The SMILES string of the molecule is CCc1nc2c(n1-c1ccc(C)cc1)CCNC2. The van der Waals surface area contributed by atoms with Crippen LogP contribution in [0.15, 0.2) is 24.3 Å². The Morgan fingerprint density at radius 1 is 1.28 bits per heavy atom. The molecule has 1 N–H and O–H groups in total. The van der Waals surface area contributed by atoms with Gasteiger partial charge >= 0.3 is 0 Å². The van der Waals surface area contributed by atoms with Crippen molar-refractivity contribution in [2.45, 2.75) is 33.2 Å². The minimum absolute atomic E-state index is 0.904. The average molecular weight is 241 g/mol. The zero-order chi connectivity index (χ0) is 12.5. The van der Waals surface area contributed by atoms with Crippen LogP contribution < -0.4 is 5.32 Å². The van der Waals surface area contributed by atoms with E-state index >= 15 is 0 Å². The van der Waals surface area contributed by atoms with Gasteiger partial charge in [0.1, 0.15) is 5.82 Å². The zero-order valence-electron chi connectivity index (χ0n) is 11.0. The zero-order valence-corrected chi connectivity index (χ0v) is 11.0.